The highest BCUT2D eigenvalue weighted by Gasteiger charge is 2.20. The minimum atomic E-state index is -0.256. The summed E-state index contributed by atoms with van der Waals surface area (Å²) in [7, 11) is 1.85. The van der Waals surface area contributed by atoms with Crippen LogP contribution in [0.25, 0.3) is 11.1 Å². The Hall–Kier alpha value is -3.02. The number of carbonyl (C=O) groups excluding carboxylic acids is 1. The van der Waals surface area contributed by atoms with Gasteiger partial charge in [0.2, 0.25) is 0 Å². The second-order valence-electron chi connectivity index (χ2n) is 5.68. The molecule has 24 heavy (non-hydrogen) atoms. The Morgan fingerprint density at radius 3 is 2.62 bits per heavy atom. The second kappa shape index (κ2) is 6.62. The van der Waals surface area contributed by atoms with Crippen LogP contribution in [0.3, 0.4) is 0 Å². The molecule has 1 amide bonds. The van der Waals surface area contributed by atoms with Crippen molar-refractivity contribution in [3.05, 3.63) is 66.0 Å². The highest BCUT2D eigenvalue weighted by atomic mass is 16.1. The molecule has 1 atom stereocenters. The molecule has 0 saturated heterocycles. The van der Waals surface area contributed by atoms with Crippen LogP contribution in [0.5, 0.6) is 0 Å². The van der Waals surface area contributed by atoms with Crippen LogP contribution in [0.4, 0.5) is 0 Å². The number of carbonyl (C=O) groups is 1. The van der Waals surface area contributed by atoms with Gasteiger partial charge in [-0.3, -0.25) is 9.78 Å². The van der Waals surface area contributed by atoms with Gasteiger partial charge in [-0.05, 0) is 31.0 Å². The predicted octanol–water partition coefficient (Wildman–Crippen LogP) is 2.68. The number of benzene rings is 1. The summed E-state index contributed by atoms with van der Waals surface area (Å²) in [6.45, 7) is 3.73. The normalized spacial score (nSPS) is 12.0. The van der Waals surface area contributed by atoms with Crippen LogP contribution < -0.4 is 5.32 Å². The van der Waals surface area contributed by atoms with E-state index in [-0.39, 0.29) is 11.9 Å². The number of nitrogens with zero attached hydrogens (tertiary/aromatic N) is 4. The lowest BCUT2D eigenvalue weighted by Gasteiger charge is -2.16. The monoisotopic (exact) mass is 321 g/mol. The van der Waals surface area contributed by atoms with Gasteiger partial charge in [0.25, 0.3) is 5.91 Å². The maximum Gasteiger partial charge on any atom is 0.254 e. The molecule has 122 valence electrons. The standard InChI is InChI=1S/C18H19N5O/c1-12-16(15(9-10-19-12)14-7-5-4-6-8-14)18(24)21-13(2)17-22-20-11-23(17)3/h4-11,13H,1-3H3,(H,21,24)/t13-/m1/s1. The molecular weight excluding hydrogens is 302 g/mol. The van der Waals surface area contributed by atoms with Crippen molar-refractivity contribution in [1.29, 1.82) is 0 Å². The first kappa shape index (κ1) is 15.9. The van der Waals surface area contributed by atoms with Crippen molar-refractivity contribution in [3.63, 3.8) is 0 Å². The van der Waals surface area contributed by atoms with Crippen molar-refractivity contribution < 1.29 is 4.79 Å². The molecule has 0 spiro atoms. The molecule has 1 aromatic carbocycles. The number of amides is 1. The fourth-order valence-corrected chi connectivity index (χ4v) is 2.73. The van der Waals surface area contributed by atoms with Gasteiger partial charge in [-0.1, -0.05) is 30.3 Å². The third-order valence-electron chi connectivity index (χ3n) is 3.93. The lowest BCUT2D eigenvalue weighted by Crippen LogP contribution is -2.29. The molecule has 1 N–H and O–H groups in total. The smallest absolute Gasteiger partial charge is 0.254 e. The van der Waals surface area contributed by atoms with Gasteiger partial charge >= 0.3 is 0 Å². The third-order valence-corrected chi connectivity index (χ3v) is 3.93. The van der Waals surface area contributed by atoms with Gasteiger partial charge in [-0.2, -0.15) is 0 Å². The van der Waals surface area contributed by atoms with E-state index < -0.39 is 0 Å². The molecule has 3 rings (SSSR count). The zero-order chi connectivity index (χ0) is 17.1. The first-order valence-electron chi connectivity index (χ1n) is 7.73. The van der Waals surface area contributed by atoms with E-state index in [4.69, 9.17) is 0 Å². The summed E-state index contributed by atoms with van der Waals surface area (Å²) < 4.78 is 1.79. The number of nitrogens with one attached hydrogen (secondary N) is 1. The SMILES string of the molecule is Cc1nccc(-c2ccccc2)c1C(=O)N[C@H](C)c1nncn1C. The van der Waals surface area contributed by atoms with Crippen LogP contribution >= 0.6 is 0 Å². The van der Waals surface area contributed by atoms with Crippen LogP contribution in [-0.4, -0.2) is 25.7 Å². The van der Waals surface area contributed by atoms with Gasteiger partial charge in [0, 0.05) is 13.2 Å². The quantitative estimate of drug-likeness (QED) is 0.802. The Morgan fingerprint density at radius 2 is 1.96 bits per heavy atom. The summed E-state index contributed by atoms with van der Waals surface area (Å²) in [5.74, 6) is 0.529. The van der Waals surface area contributed by atoms with Crippen molar-refractivity contribution in [2.45, 2.75) is 19.9 Å². The summed E-state index contributed by atoms with van der Waals surface area (Å²) in [6, 6.07) is 11.4. The minimum absolute atomic E-state index is 0.171. The van der Waals surface area contributed by atoms with E-state index in [1.807, 2.05) is 57.3 Å². The molecular formula is C18H19N5O. The van der Waals surface area contributed by atoms with Crippen LogP contribution in [-0.2, 0) is 7.05 Å². The summed E-state index contributed by atoms with van der Waals surface area (Å²) >= 11 is 0. The number of pyridine rings is 1. The molecule has 0 unspecified atom stereocenters. The Morgan fingerprint density at radius 1 is 1.21 bits per heavy atom. The van der Waals surface area contributed by atoms with Crippen LogP contribution in [0.1, 0.15) is 34.8 Å². The highest BCUT2D eigenvalue weighted by Crippen LogP contribution is 2.25. The van der Waals surface area contributed by atoms with Crippen LogP contribution in [0.15, 0.2) is 48.9 Å². The van der Waals surface area contributed by atoms with Crippen molar-refractivity contribution in [1.82, 2.24) is 25.1 Å². The number of hydrogen-bond donors (Lipinski definition) is 1. The van der Waals surface area contributed by atoms with Crippen molar-refractivity contribution >= 4 is 5.91 Å². The van der Waals surface area contributed by atoms with E-state index in [1.165, 1.54) is 0 Å². The van der Waals surface area contributed by atoms with Gasteiger partial charge in [0.15, 0.2) is 5.82 Å². The van der Waals surface area contributed by atoms with Gasteiger partial charge in [-0.15, -0.1) is 10.2 Å². The fourth-order valence-electron chi connectivity index (χ4n) is 2.73. The molecule has 0 aliphatic rings. The first-order chi connectivity index (χ1) is 11.6. The van der Waals surface area contributed by atoms with Gasteiger partial charge in [0.1, 0.15) is 6.33 Å². The lowest BCUT2D eigenvalue weighted by atomic mass is 9.98. The third kappa shape index (κ3) is 3.03. The van der Waals surface area contributed by atoms with Crippen LogP contribution in [0, 0.1) is 6.92 Å². The van der Waals surface area contributed by atoms with Crippen molar-refractivity contribution in [2.75, 3.05) is 0 Å². The topological polar surface area (TPSA) is 72.7 Å². The molecule has 0 fully saturated rings. The molecule has 2 aromatic heterocycles. The van der Waals surface area contributed by atoms with Gasteiger partial charge in [0.05, 0.1) is 17.3 Å². The summed E-state index contributed by atoms with van der Waals surface area (Å²) in [6.07, 6.45) is 3.34. The van der Waals surface area contributed by atoms with E-state index >= 15 is 0 Å². The average Bonchev–Trinajstić information content (AvgIpc) is 3.01. The van der Waals surface area contributed by atoms with E-state index in [1.54, 1.807) is 17.1 Å². The molecule has 0 radical (unpaired) electrons. The maximum atomic E-state index is 12.9. The number of hydrogen-bond acceptors (Lipinski definition) is 4. The van der Waals surface area contributed by atoms with E-state index in [0.29, 0.717) is 17.1 Å². The minimum Gasteiger partial charge on any atom is -0.342 e. The molecule has 0 bridgehead atoms. The molecule has 6 heteroatoms. The Bertz CT molecular complexity index is 857. The fraction of sp³-hybridized carbons (Fsp3) is 0.222. The molecule has 0 aliphatic heterocycles. The van der Waals surface area contributed by atoms with E-state index in [0.717, 1.165) is 11.1 Å². The Balaban J connectivity index is 1.94. The maximum absolute atomic E-state index is 12.9. The zero-order valence-corrected chi connectivity index (χ0v) is 13.9. The Labute approximate surface area is 140 Å². The van der Waals surface area contributed by atoms with E-state index in [9.17, 15) is 4.79 Å². The number of aromatic nitrogens is 4. The van der Waals surface area contributed by atoms with Gasteiger partial charge < -0.3 is 9.88 Å². The second-order valence-corrected chi connectivity index (χ2v) is 5.68. The van der Waals surface area contributed by atoms with E-state index in [2.05, 4.69) is 20.5 Å². The van der Waals surface area contributed by atoms with Crippen molar-refractivity contribution in [2.24, 2.45) is 7.05 Å². The van der Waals surface area contributed by atoms with Crippen LogP contribution in [0.2, 0.25) is 0 Å². The highest BCUT2D eigenvalue weighted by molar-refractivity contribution is 6.01. The largest absolute Gasteiger partial charge is 0.342 e. The molecule has 2 heterocycles. The predicted molar refractivity (Wildman–Crippen MR) is 91.3 cm³/mol. The number of rotatable bonds is 4. The molecule has 0 aliphatic carbocycles. The molecule has 6 nitrogen and oxygen atoms in total. The Kier molecular flexibility index (Phi) is 4.37. The average molecular weight is 321 g/mol. The zero-order valence-electron chi connectivity index (χ0n) is 13.9. The molecule has 3 aromatic rings. The molecule has 0 saturated carbocycles. The van der Waals surface area contributed by atoms with Crippen molar-refractivity contribution in [3.8, 4) is 11.1 Å². The summed E-state index contributed by atoms with van der Waals surface area (Å²) in [5, 5.41) is 10.9. The lowest BCUT2D eigenvalue weighted by molar-refractivity contribution is 0.0937. The number of aryl methyl sites for hydroxylation is 2. The summed E-state index contributed by atoms with van der Waals surface area (Å²) in [4.78, 5) is 17.1. The summed E-state index contributed by atoms with van der Waals surface area (Å²) in [5.41, 5.74) is 3.13. The van der Waals surface area contributed by atoms with Gasteiger partial charge in [-0.25, -0.2) is 0 Å². The first-order valence-corrected chi connectivity index (χ1v) is 7.73.